The third-order valence-corrected chi connectivity index (χ3v) is 2.84. The fourth-order valence-electron chi connectivity index (χ4n) is 2.03. The number of amides is 1. The summed E-state index contributed by atoms with van der Waals surface area (Å²) in [7, 11) is 0. The molecule has 5 heteroatoms. The van der Waals surface area contributed by atoms with Gasteiger partial charge in [0, 0.05) is 30.1 Å². The van der Waals surface area contributed by atoms with Crippen molar-refractivity contribution in [3.05, 3.63) is 36.0 Å². The van der Waals surface area contributed by atoms with E-state index in [4.69, 9.17) is 10.8 Å². The highest BCUT2D eigenvalue weighted by Gasteiger charge is 2.11. The molecule has 1 amide bonds. The Labute approximate surface area is 104 Å². The van der Waals surface area contributed by atoms with Crippen molar-refractivity contribution in [3.8, 4) is 0 Å². The lowest BCUT2D eigenvalue weighted by Crippen LogP contribution is -2.10. The molecule has 0 radical (unpaired) electrons. The number of carbonyl (C=O) groups is 2. The van der Waals surface area contributed by atoms with E-state index in [0.29, 0.717) is 18.5 Å². The first-order chi connectivity index (χ1) is 8.59. The molecule has 0 aliphatic carbocycles. The summed E-state index contributed by atoms with van der Waals surface area (Å²) in [6.45, 7) is 0.556. The van der Waals surface area contributed by atoms with Gasteiger partial charge in [-0.15, -0.1) is 0 Å². The van der Waals surface area contributed by atoms with E-state index in [1.54, 1.807) is 6.20 Å². The number of carboxylic acids is 1. The Bertz CT molecular complexity index is 601. The lowest BCUT2D eigenvalue weighted by Gasteiger charge is -2.03. The van der Waals surface area contributed by atoms with E-state index in [9.17, 15) is 9.59 Å². The van der Waals surface area contributed by atoms with E-state index in [1.807, 2.05) is 28.8 Å². The van der Waals surface area contributed by atoms with Crippen LogP contribution in [0.15, 0.2) is 30.5 Å². The molecule has 1 aromatic heterocycles. The maximum absolute atomic E-state index is 11.3. The Balaban J connectivity index is 2.33. The van der Waals surface area contributed by atoms with Crippen LogP contribution in [0.25, 0.3) is 10.9 Å². The normalized spacial score (nSPS) is 10.7. The number of aliphatic carboxylic acids is 1. The molecular formula is C13H14N2O3. The minimum atomic E-state index is -0.818. The molecule has 5 nitrogen and oxygen atoms in total. The van der Waals surface area contributed by atoms with Gasteiger partial charge >= 0.3 is 5.97 Å². The Morgan fingerprint density at radius 1 is 1.28 bits per heavy atom. The fraction of sp³-hybridized carbons (Fsp3) is 0.231. The van der Waals surface area contributed by atoms with E-state index >= 15 is 0 Å². The SMILES string of the molecule is NC(=O)c1cn(CCCC(=O)O)c2ccccc12. The summed E-state index contributed by atoms with van der Waals surface area (Å²) in [5.41, 5.74) is 6.70. The fourth-order valence-corrected chi connectivity index (χ4v) is 2.03. The number of primary amides is 1. The van der Waals surface area contributed by atoms with Crippen LogP contribution in [0.5, 0.6) is 0 Å². The first kappa shape index (κ1) is 12.2. The molecule has 0 aliphatic heterocycles. The largest absolute Gasteiger partial charge is 0.481 e. The maximum atomic E-state index is 11.3. The molecule has 1 heterocycles. The predicted octanol–water partition coefficient (Wildman–Crippen LogP) is 1.60. The van der Waals surface area contributed by atoms with Crippen LogP contribution in [-0.4, -0.2) is 21.6 Å². The summed E-state index contributed by atoms with van der Waals surface area (Å²) < 4.78 is 1.87. The van der Waals surface area contributed by atoms with Crippen molar-refractivity contribution in [3.63, 3.8) is 0 Å². The molecule has 0 saturated carbocycles. The van der Waals surface area contributed by atoms with Crippen molar-refractivity contribution in [2.24, 2.45) is 5.73 Å². The first-order valence-corrected chi connectivity index (χ1v) is 5.69. The Kier molecular flexibility index (Phi) is 3.32. The zero-order valence-corrected chi connectivity index (χ0v) is 9.80. The molecule has 0 bridgehead atoms. The van der Waals surface area contributed by atoms with Gasteiger partial charge in [0.2, 0.25) is 0 Å². The number of aromatic nitrogens is 1. The van der Waals surface area contributed by atoms with Crippen LogP contribution < -0.4 is 5.73 Å². The van der Waals surface area contributed by atoms with Crippen LogP contribution in [0.3, 0.4) is 0 Å². The Hall–Kier alpha value is -2.30. The minimum Gasteiger partial charge on any atom is -0.481 e. The lowest BCUT2D eigenvalue weighted by molar-refractivity contribution is -0.137. The van der Waals surface area contributed by atoms with Crippen LogP contribution in [0.4, 0.5) is 0 Å². The zero-order chi connectivity index (χ0) is 13.1. The quantitative estimate of drug-likeness (QED) is 0.840. The Morgan fingerprint density at radius 3 is 2.67 bits per heavy atom. The summed E-state index contributed by atoms with van der Waals surface area (Å²) in [6, 6.07) is 7.45. The van der Waals surface area contributed by atoms with Gasteiger partial charge in [-0.3, -0.25) is 9.59 Å². The molecule has 0 spiro atoms. The maximum Gasteiger partial charge on any atom is 0.303 e. The van der Waals surface area contributed by atoms with Crippen LogP contribution >= 0.6 is 0 Å². The summed E-state index contributed by atoms with van der Waals surface area (Å²) in [5, 5.41) is 9.42. The molecule has 2 aromatic rings. The molecule has 0 unspecified atom stereocenters. The molecule has 0 saturated heterocycles. The number of nitrogens with two attached hydrogens (primary N) is 1. The summed E-state index contributed by atoms with van der Waals surface area (Å²) in [6.07, 6.45) is 2.32. The monoisotopic (exact) mass is 246 g/mol. The van der Waals surface area contributed by atoms with Crippen molar-refractivity contribution in [2.75, 3.05) is 0 Å². The highest BCUT2D eigenvalue weighted by atomic mass is 16.4. The van der Waals surface area contributed by atoms with Gasteiger partial charge in [-0.1, -0.05) is 18.2 Å². The van der Waals surface area contributed by atoms with Gasteiger partial charge < -0.3 is 15.4 Å². The van der Waals surface area contributed by atoms with Crippen molar-refractivity contribution in [2.45, 2.75) is 19.4 Å². The second kappa shape index (κ2) is 4.91. The first-order valence-electron chi connectivity index (χ1n) is 5.69. The Morgan fingerprint density at radius 2 is 2.00 bits per heavy atom. The highest BCUT2D eigenvalue weighted by Crippen LogP contribution is 2.21. The predicted molar refractivity (Wildman–Crippen MR) is 67.3 cm³/mol. The van der Waals surface area contributed by atoms with Gasteiger partial charge in [-0.2, -0.15) is 0 Å². The van der Waals surface area contributed by atoms with E-state index in [2.05, 4.69) is 0 Å². The average molecular weight is 246 g/mol. The van der Waals surface area contributed by atoms with Crippen LogP contribution in [0.1, 0.15) is 23.2 Å². The van der Waals surface area contributed by atoms with Gasteiger partial charge in [0.05, 0.1) is 5.56 Å². The van der Waals surface area contributed by atoms with Crippen molar-refractivity contribution >= 4 is 22.8 Å². The van der Waals surface area contributed by atoms with Gasteiger partial charge in [0.1, 0.15) is 0 Å². The number of carboxylic acid groups (broad SMARTS) is 1. The number of aryl methyl sites for hydroxylation is 1. The molecule has 0 atom stereocenters. The van der Waals surface area contributed by atoms with Crippen LogP contribution in [0, 0.1) is 0 Å². The van der Waals surface area contributed by atoms with Crippen molar-refractivity contribution in [1.82, 2.24) is 4.57 Å². The van der Waals surface area contributed by atoms with Gasteiger partial charge in [0.25, 0.3) is 5.91 Å². The standard InChI is InChI=1S/C13H14N2O3/c14-13(18)10-8-15(7-3-6-12(16)17)11-5-2-1-4-9(10)11/h1-2,4-5,8H,3,6-7H2,(H2,14,18)(H,16,17). The van der Waals surface area contributed by atoms with Gasteiger partial charge in [-0.25, -0.2) is 0 Å². The zero-order valence-electron chi connectivity index (χ0n) is 9.80. The number of hydrogen-bond donors (Lipinski definition) is 2. The molecule has 1 aromatic carbocycles. The molecular weight excluding hydrogens is 232 g/mol. The second-order valence-electron chi connectivity index (χ2n) is 4.11. The van der Waals surface area contributed by atoms with E-state index in [0.717, 1.165) is 10.9 Å². The van der Waals surface area contributed by atoms with Crippen molar-refractivity contribution < 1.29 is 14.7 Å². The number of rotatable bonds is 5. The van der Waals surface area contributed by atoms with Crippen LogP contribution in [0.2, 0.25) is 0 Å². The highest BCUT2D eigenvalue weighted by molar-refractivity contribution is 6.06. The van der Waals surface area contributed by atoms with E-state index in [-0.39, 0.29) is 6.42 Å². The number of para-hydroxylation sites is 1. The minimum absolute atomic E-state index is 0.110. The average Bonchev–Trinajstić information content (AvgIpc) is 2.68. The molecule has 0 aliphatic rings. The summed E-state index contributed by atoms with van der Waals surface area (Å²) in [4.78, 5) is 21.8. The lowest BCUT2D eigenvalue weighted by atomic mass is 10.2. The molecule has 0 fully saturated rings. The number of nitrogens with zero attached hydrogens (tertiary/aromatic N) is 1. The van der Waals surface area contributed by atoms with Gasteiger partial charge in [0.15, 0.2) is 0 Å². The number of hydrogen-bond acceptors (Lipinski definition) is 2. The van der Waals surface area contributed by atoms with E-state index in [1.165, 1.54) is 0 Å². The smallest absolute Gasteiger partial charge is 0.303 e. The molecule has 18 heavy (non-hydrogen) atoms. The molecule has 94 valence electrons. The molecule has 3 N–H and O–H groups in total. The van der Waals surface area contributed by atoms with Crippen LogP contribution in [-0.2, 0) is 11.3 Å². The number of benzene rings is 1. The van der Waals surface area contributed by atoms with E-state index < -0.39 is 11.9 Å². The van der Waals surface area contributed by atoms with Gasteiger partial charge in [-0.05, 0) is 12.5 Å². The third kappa shape index (κ3) is 2.34. The summed E-state index contributed by atoms with van der Waals surface area (Å²) >= 11 is 0. The topological polar surface area (TPSA) is 85.3 Å². The summed E-state index contributed by atoms with van der Waals surface area (Å²) in [5.74, 6) is -1.29. The second-order valence-corrected chi connectivity index (χ2v) is 4.11. The number of carbonyl (C=O) groups excluding carboxylic acids is 1. The number of fused-ring (bicyclic) bond motifs is 1. The third-order valence-electron chi connectivity index (χ3n) is 2.84. The van der Waals surface area contributed by atoms with Crippen molar-refractivity contribution in [1.29, 1.82) is 0 Å². The molecule has 2 rings (SSSR count).